The average molecular weight is 467 g/mol. The second kappa shape index (κ2) is 8.95. The van der Waals surface area contributed by atoms with Crippen LogP contribution in [0, 0.1) is 6.92 Å². The molecule has 4 rings (SSSR count). The number of ether oxygens (including phenoxy) is 2. The van der Waals surface area contributed by atoms with E-state index in [1.165, 1.54) is 15.9 Å². The standard InChI is InChI=1S/C24H22N2O6S/c1-14-20-22(29)25(13-19(27)28)24(30)26(12-16-7-4-5-10-18(16)32-3)23(20)33-21(14)15-8-6-9-17(11-15)31-2/h4-11H,12-13H2,1-3H3,(H,27,28). The van der Waals surface area contributed by atoms with Crippen molar-refractivity contribution in [3.05, 3.63) is 80.5 Å². The first kappa shape index (κ1) is 22.3. The molecular weight excluding hydrogens is 444 g/mol. The zero-order valence-corrected chi connectivity index (χ0v) is 19.1. The molecule has 0 saturated heterocycles. The van der Waals surface area contributed by atoms with Crippen LogP contribution < -0.4 is 20.7 Å². The number of aromatic nitrogens is 2. The van der Waals surface area contributed by atoms with Crippen LogP contribution in [-0.2, 0) is 17.9 Å². The third kappa shape index (κ3) is 4.03. The van der Waals surface area contributed by atoms with Gasteiger partial charge in [-0.3, -0.25) is 14.2 Å². The van der Waals surface area contributed by atoms with Gasteiger partial charge in [-0.1, -0.05) is 30.3 Å². The molecule has 0 aliphatic rings. The van der Waals surface area contributed by atoms with Crippen LogP contribution in [0.25, 0.3) is 20.7 Å². The molecule has 0 saturated carbocycles. The SMILES string of the molecule is COc1cccc(-c2sc3c(c2C)c(=O)n(CC(=O)O)c(=O)n3Cc2ccccc2OC)c1. The van der Waals surface area contributed by atoms with Gasteiger partial charge in [0, 0.05) is 10.4 Å². The second-order valence-electron chi connectivity index (χ2n) is 7.43. The molecule has 0 amide bonds. The Balaban J connectivity index is 2.03. The van der Waals surface area contributed by atoms with Crippen molar-refractivity contribution in [3.63, 3.8) is 0 Å². The monoisotopic (exact) mass is 466 g/mol. The topological polar surface area (TPSA) is 99.8 Å². The fraction of sp³-hybridized carbons (Fsp3) is 0.208. The molecule has 0 bridgehead atoms. The molecule has 0 fully saturated rings. The lowest BCUT2D eigenvalue weighted by Crippen LogP contribution is -2.41. The molecule has 0 atom stereocenters. The maximum atomic E-state index is 13.3. The van der Waals surface area contributed by atoms with Crippen LogP contribution in [0.3, 0.4) is 0 Å². The van der Waals surface area contributed by atoms with E-state index in [2.05, 4.69) is 0 Å². The van der Waals surface area contributed by atoms with E-state index in [4.69, 9.17) is 9.47 Å². The molecule has 170 valence electrons. The van der Waals surface area contributed by atoms with Crippen LogP contribution in [-0.4, -0.2) is 34.4 Å². The summed E-state index contributed by atoms with van der Waals surface area (Å²) in [6.07, 6.45) is 0. The van der Waals surface area contributed by atoms with Crippen LogP contribution in [0.1, 0.15) is 11.1 Å². The van der Waals surface area contributed by atoms with Gasteiger partial charge in [-0.15, -0.1) is 11.3 Å². The van der Waals surface area contributed by atoms with Gasteiger partial charge in [0.1, 0.15) is 22.9 Å². The molecule has 1 N–H and O–H groups in total. The Hall–Kier alpha value is -3.85. The summed E-state index contributed by atoms with van der Waals surface area (Å²) < 4.78 is 13.0. The molecule has 8 nitrogen and oxygen atoms in total. The third-order valence-electron chi connectivity index (χ3n) is 5.44. The normalized spacial score (nSPS) is 11.0. The molecule has 2 aromatic carbocycles. The lowest BCUT2D eigenvalue weighted by Gasteiger charge is -2.13. The number of carboxylic acids is 1. The predicted molar refractivity (Wildman–Crippen MR) is 127 cm³/mol. The number of nitrogens with zero attached hydrogens (tertiary/aromatic N) is 2. The third-order valence-corrected chi connectivity index (χ3v) is 6.80. The molecule has 4 aromatic rings. The van der Waals surface area contributed by atoms with Crippen LogP contribution in [0.4, 0.5) is 0 Å². The van der Waals surface area contributed by atoms with Crippen molar-refractivity contribution >= 4 is 27.5 Å². The maximum Gasteiger partial charge on any atom is 0.332 e. The van der Waals surface area contributed by atoms with Gasteiger partial charge in [-0.25, -0.2) is 9.36 Å². The highest BCUT2D eigenvalue weighted by Gasteiger charge is 2.22. The van der Waals surface area contributed by atoms with Crippen LogP contribution in [0.15, 0.2) is 58.1 Å². The van der Waals surface area contributed by atoms with Crippen molar-refractivity contribution < 1.29 is 19.4 Å². The number of hydrogen-bond acceptors (Lipinski definition) is 6. The van der Waals surface area contributed by atoms with E-state index < -0.39 is 23.8 Å². The summed E-state index contributed by atoms with van der Waals surface area (Å²) in [7, 11) is 3.12. The minimum atomic E-state index is -1.27. The zero-order valence-electron chi connectivity index (χ0n) is 18.3. The summed E-state index contributed by atoms with van der Waals surface area (Å²) in [5.74, 6) is -0.00724. The number of benzene rings is 2. The summed E-state index contributed by atoms with van der Waals surface area (Å²) in [5, 5.41) is 9.65. The number of carboxylic acid groups (broad SMARTS) is 1. The molecule has 0 spiro atoms. The number of hydrogen-bond donors (Lipinski definition) is 1. The lowest BCUT2D eigenvalue weighted by molar-refractivity contribution is -0.137. The van der Waals surface area contributed by atoms with Crippen LogP contribution in [0.2, 0.25) is 0 Å². The van der Waals surface area contributed by atoms with Crippen molar-refractivity contribution in [2.75, 3.05) is 14.2 Å². The smallest absolute Gasteiger partial charge is 0.332 e. The Morgan fingerprint density at radius 2 is 1.79 bits per heavy atom. The summed E-state index contributed by atoms with van der Waals surface area (Å²) in [5.41, 5.74) is 0.962. The van der Waals surface area contributed by atoms with Gasteiger partial charge >= 0.3 is 11.7 Å². The Morgan fingerprint density at radius 1 is 1.03 bits per heavy atom. The number of carbonyl (C=O) groups is 1. The number of aliphatic carboxylic acids is 1. The number of fused-ring (bicyclic) bond motifs is 1. The maximum absolute atomic E-state index is 13.3. The highest BCUT2D eigenvalue weighted by molar-refractivity contribution is 7.22. The fourth-order valence-corrected chi connectivity index (χ4v) is 5.14. The van der Waals surface area contributed by atoms with Crippen molar-refractivity contribution in [1.82, 2.24) is 9.13 Å². The van der Waals surface area contributed by atoms with E-state index in [0.717, 1.165) is 20.6 Å². The molecule has 0 aliphatic carbocycles. The number of thiophene rings is 1. The van der Waals surface area contributed by atoms with Crippen molar-refractivity contribution in [3.8, 4) is 21.9 Å². The number of aryl methyl sites for hydroxylation is 1. The van der Waals surface area contributed by atoms with Crippen molar-refractivity contribution in [2.24, 2.45) is 0 Å². The van der Waals surface area contributed by atoms with Gasteiger partial charge in [0.2, 0.25) is 0 Å². The summed E-state index contributed by atoms with van der Waals surface area (Å²) >= 11 is 1.32. The van der Waals surface area contributed by atoms with Crippen LogP contribution in [0.5, 0.6) is 11.5 Å². The molecule has 33 heavy (non-hydrogen) atoms. The number of para-hydroxylation sites is 1. The predicted octanol–water partition coefficient (Wildman–Crippen LogP) is 3.35. The first-order valence-corrected chi connectivity index (χ1v) is 10.9. The molecule has 2 heterocycles. The van der Waals surface area contributed by atoms with Gasteiger partial charge in [-0.2, -0.15) is 0 Å². The van der Waals surface area contributed by atoms with Gasteiger partial charge < -0.3 is 14.6 Å². The molecule has 0 aliphatic heterocycles. The fourth-order valence-electron chi connectivity index (χ4n) is 3.85. The van der Waals surface area contributed by atoms with E-state index in [-0.39, 0.29) is 6.54 Å². The van der Waals surface area contributed by atoms with E-state index in [1.807, 2.05) is 42.5 Å². The largest absolute Gasteiger partial charge is 0.497 e. The Labute approximate surface area is 192 Å². The summed E-state index contributed by atoms with van der Waals surface area (Å²) in [6, 6.07) is 14.7. The molecule has 2 aromatic heterocycles. The first-order chi connectivity index (χ1) is 15.8. The van der Waals surface area contributed by atoms with Gasteiger partial charge in [0.05, 0.1) is 26.2 Å². The Bertz CT molecular complexity index is 1480. The molecule has 0 radical (unpaired) electrons. The summed E-state index contributed by atoms with van der Waals surface area (Å²) in [4.78, 5) is 39.3. The van der Waals surface area contributed by atoms with Gasteiger partial charge in [-0.05, 0) is 36.2 Å². The quantitative estimate of drug-likeness (QED) is 0.448. The molecular formula is C24H22N2O6S. The minimum Gasteiger partial charge on any atom is -0.497 e. The lowest BCUT2D eigenvalue weighted by atomic mass is 10.1. The van der Waals surface area contributed by atoms with Gasteiger partial charge in [0.15, 0.2) is 0 Å². The van der Waals surface area contributed by atoms with Crippen molar-refractivity contribution in [1.29, 1.82) is 0 Å². The summed E-state index contributed by atoms with van der Waals surface area (Å²) in [6.45, 7) is 1.21. The zero-order chi connectivity index (χ0) is 23.7. The number of rotatable bonds is 7. The average Bonchev–Trinajstić information content (AvgIpc) is 3.16. The first-order valence-electron chi connectivity index (χ1n) is 10.1. The van der Waals surface area contributed by atoms with E-state index in [0.29, 0.717) is 27.3 Å². The van der Waals surface area contributed by atoms with E-state index in [9.17, 15) is 19.5 Å². The van der Waals surface area contributed by atoms with Crippen LogP contribution >= 0.6 is 11.3 Å². The minimum absolute atomic E-state index is 0.122. The van der Waals surface area contributed by atoms with Gasteiger partial charge in [0.25, 0.3) is 5.56 Å². The molecule has 0 unspecified atom stereocenters. The van der Waals surface area contributed by atoms with E-state index >= 15 is 0 Å². The highest BCUT2D eigenvalue weighted by Crippen LogP contribution is 2.37. The number of methoxy groups -OCH3 is 2. The van der Waals surface area contributed by atoms with Crippen molar-refractivity contribution in [2.45, 2.75) is 20.0 Å². The highest BCUT2D eigenvalue weighted by atomic mass is 32.1. The second-order valence-corrected chi connectivity index (χ2v) is 8.43. The molecule has 9 heteroatoms. The van der Waals surface area contributed by atoms with E-state index in [1.54, 1.807) is 27.2 Å². The Morgan fingerprint density at radius 3 is 2.48 bits per heavy atom. The Kier molecular flexibility index (Phi) is 6.06.